The van der Waals surface area contributed by atoms with Gasteiger partial charge in [-0.2, -0.15) is 0 Å². The minimum Gasteiger partial charge on any atom is -0.392 e. The van der Waals surface area contributed by atoms with Gasteiger partial charge in [0.15, 0.2) is 9.84 Å². The Morgan fingerprint density at radius 2 is 2.00 bits per heavy atom. The van der Waals surface area contributed by atoms with Gasteiger partial charge in [0.2, 0.25) is 0 Å². The van der Waals surface area contributed by atoms with E-state index < -0.39 is 15.9 Å². The van der Waals surface area contributed by atoms with E-state index in [4.69, 9.17) is 5.11 Å². The van der Waals surface area contributed by atoms with E-state index in [0.29, 0.717) is 0 Å². The summed E-state index contributed by atoms with van der Waals surface area (Å²) >= 11 is 0. The van der Waals surface area contributed by atoms with Crippen molar-refractivity contribution in [3.63, 3.8) is 0 Å². The molecule has 1 saturated heterocycles. The van der Waals surface area contributed by atoms with Crippen molar-refractivity contribution in [3.8, 4) is 0 Å². The van der Waals surface area contributed by atoms with Gasteiger partial charge in [0.25, 0.3) is 0 Å². The number of hydrogen-bond donors (Lipinski definition) is 1. The third-order valence-corrected chi connectivity index (χ3v) is 3.48. The van der Waals surface area contributed by atoms with Crippen molar-refractivity contribution >= 4 is 9.84 Å². The Kier molecular flexibility index (Phi) is 1.52. The third-order valence-electron chi connectivity index (χ3n) is 1.60. The molecule has 0 spiro atoms. The molecule has 0 aromatic heterocycles. The molecule has 0 aromatic rings. The molecule has 1 aliphatic rings. The molecule has 0 radical (unpaired) electrons. The Balaban J connectivity index is 2.77. The van der Waals surface area contributed by atoms with Crippen molar-refractivity contribution in [2.24, 2.45) is 5.92 Å². The summed E-state index contributed by atoms with van der Waals surface area (Å²) in [6, 6.07) is 0. The number of aliphatic hydroxyl groups excluding tert-OH is 1. The maximum Gasteiger partial charge on any atom is 0.153 e. The largest absolute Gasteiger partial charge is 0.392 e. The van der Waals surface area contributed by atoms with Crippen LogP contribution in [0.4, 0.5) is 0 Å². The van der Waals surface area contributed by atoms with E-state index in [1.165, 1.54) is 0 Å². The smallest absolute Gasteiger partial charge is 0.153 e. The van der Waals surface area contributed by atoms with Crippen LogP contribution in [0.2, 0.25) is 0 Å². The molecule has 4 heteroatoms. The van der Waals surface area contributed by atoms with E-state index in [0.717, 1.165) is 0 Å². The maximum atomic E-state index is 10.7. The molecule has 0 aliphatic carbocycles. The Morgan fingerprint density at radius 1 is 1.44 bits per heavy atom. The Hall–Kier alpha value is -0.0900. The second-order valence-electron chi connectivity index (χ2n) is 2.62. The van der Waals surface area contributed by atoms with Crippen molar-refractivity contribution in [2.75, 3.05) is 11.5 Å². The molecule has 0 aromatic carbocycles. The second-order valence-corrected chi connectivity index (χ2v) is 4.78. The monoisotopic (exact) mass is 150 g/mol. The SMILES string of the molecule is C[C@H]1CS(=O)(=O)C[C@H]1O. The second kappa shape index (κ2) is 1.95. The maximum absolute atomic E-state index is 10.7. The first-order valence-corrected chi connectivity index (χ1v) is 4.72. The van der Waals surface area contributed by atoms with Gasteiger partial charge in [0.1, 0.15) is 0 Å². The Labute approximate surface area is 54.6 Å². The molecule has 1 aliphatic heterocycles. The van der Waals surface area contributed by atoms with Gasteiger partial charge in [-0.1, -0.05) is 6.92 Å². The van der Waals surface area contributed by atoms with Crippen molar-refractivity contribution in [1.82, 2.24) is 0 Å². The highest BCUT2D eigenvalue weighted by atomic mass is 32.2. The molecule has 0 unspecified atom stereocenters. The lowest BCUT2D eigenvalue weighted by Gasteiger charge is -2.01. The Bertz CT molecular complexity index is 178. The van der Waals surface area contributed by atoms with Crippen LogP contribution in [0.3, 0.4) is 0 Å². The van der Waals surface area contributed by atoms with Gasteiger partial charge in [-0.3, -0.25) is 0 Å². The quantitative estimate of drug-likeness (QED) is 0.502. The summed E-state index contributed by atoms with van der Waals surface area (Å²) in [6.45, 7) is 1.75. The van der Waals surface area contributed by atoms with Gasteiger partial charge in [-0.15, -0.1) is 0 Å². The zero-order valence-electron chi connectivity index (χ0n) is 5.24. The van der Waals surface area contributed by atoms with E-state index in [-0.39, 0.29) is 17.4 Å². The molecule has 9 heavy (non-hydrogen) atoms. The molecular weight excluding hydrogens is 140 g/mol. The topological polar surface area (TPSA) is 54.4 Å². The summed E-state index contributed by atoms with van der Waals surface area (Å²) in [6.07, 6.45) is -0.630. The van der Waals surface area contributed by atoms with Crippen LogP contribution in [-0.4, -0.2) is 31.1 Å². The fourth-order valence-corrected chi connectivity index (χ4v) is 3.01. The summed E-state index contributed by atoms with van der Waals surface area (Å²) in [5, 5.41) is 8.95. The predicted octanol–water partition coefficient (Wildman–Crippen LogP) is -0.588. The van der Waals surface area contributed by atoms with Crippen LogP contribution in [-0.2, 0) is 9.84 Å². The van der Waals surface area contributed by atoms with Crippen molar-refractivity contribution in [2.45, 2.75) is 13.0 Å². The van der Waals surface area contributed by atoms with Crippen LogP contribution >= 0.6 is 0 Å². The first kappa shape index (κ1) is 7.02. The first-order chi connectivity index (χ1) is 4.01. The zero-order chi connectivity index (χ0) is 7.07. The van der Waals surface area contributed by atoms with Crippen molar-refractivity contribution in [1.29, 1.82) is 0 Å². The molecular formula is C5H10O3S. The Morgan fingerprint density at radius 3 is 2.11 bits per heavy atom. The summed E-state index contributed by atoms with van der Waals surface area (Å²) in [7, 11) is -2.89. The van der Waals surface area contributed by atoms with Crippen LogP contribution in [0.1, 0.15) is 6.92 Å². The minimum atomic E-state index is -2.89. The molecule has 54 valence electrons. The van der Waals surface area contributed by atoms with Crippen LogP contribution in [0.5, 0.6) is 0 Å². The van der Waals surface area contributed by atoms with Gasteiger partial charge < -0.3 is 5.11 Å². The average Bonchev–Trinajstić information content (AvgIpc) is 1.79. The fourth-order valence-electron chi connectivity index (χ4n) is 1.00. The van der Waals surface area contributed by atoms with Crippen molar-refractivity contribution < 1.29 is 13.5 Å². The van der Waals surface area contributed by atoms with Gasteiger partial charge >= 0.3 is 0 Å². The van der Waals surface area contributed by atoms with Gasteiger partial charge in [-0.05, 0) is 5.92 Å². The summed E-state index contributed by atoms with van der Waals surface area (Å²) < 4.78 is 21.4. The highest BCUT2D eigenvalue weighted by Crippen LogP contribution is 2.17. The number of rotatable bonds is 0. The van der Waals surface area contributed by atoms with E-state index in [1.807, 2.05) is 0 Å². The lowest BCUT2D eigenvalue weighted by atomic mass is 10.1. The van der Waals surface area contributed by atoms with Gasteiger partial charge in [0, 0.05) is 0 Å². The molecule has 1 fully saturated rings. The highest BCUT2D eigenvalue weighted by Gasteiger charge is 2.32. The van der Waals surface area contributed by atoms with Crippen LogP contribution in [0.15, 0.2) is 0 Å². The van der Waals surface area contributed by atoms with E-state index in [9.17, 15) is 8.42 Å². The molecule has 1 N–H and O–H groups in total. The standard InChI is InChI=1S/C5H10O3S/c1-4-2-9(7,8)3-5(4)6/h4-6H,2-3H2,1H3/t4-,5+/m0/s1. The van der Waals surface area contributed by atoms with E-state index in [1.54, 1.807) is 6.92 Å². The number of hydrogen-bond acceptors (Lipinski definition) is 3. The lowest BCUT2D eigenvalue weighted by molar-refractivity contribution is 0.159. The predicted molar refractivity (Wildman–Crippen MR) is 33.8 cm³/mol. The van der Waals surface area contributed by atoms with Crippen molar-refractivity contribution in [3.05, 3.63) is 0 Å². The summed E-state index contributed by atoms with van der Waals surface area (Å²) in [4.78, 5) is 0. The molecule has 3 nitrogen and oxygen atoms in total. The molecule has 1 rings (SSSR count). The molecule has 2 atom stereocenters. The number of aliphatic hydroxyl groups is 1. The highest BCUT2D eigenvalue weighted by molar-refractivity contribution is 7.91. The lowest BCUT2D eigenvalue weighted by Crippen LogP contribution is -2.13. The van der Waals surface area contributed by atoms with Crippen LogP contribution in [0.25, 0.3) is 0 Å². The summed E-state index contributed by atoms with van der Waals surface area (Å²) in [5.74, 6) is 0.0255. The molecule has 0 bridgehead atoms. The van der Waals surface area contributed by atoms with E-state index in [2.05, 4.69) is 0 Å². The summed E-state index contributed by atoms with van der Waals surface area (Å²) in [5.41, 5.74) is 0. The molecule has 0 amide bonds. The first-order valence-electron chi connectivity index (χ1n) is 2.90. The number of sulfone groups is 1. The normalized spacial score (nSPS) is 41.1. The van der Waals surface area contributed by atoms with Crippen LogP contribution in [0, 0.1) is 5.92 Å². The van der Waals surface area contributed by atoms with Crippen LogP contribution < -0.4 is 0 Å². The van der Waals surface area contributed by atoms with Gasteiger partial charge in [0.05, 0.1) is 17.6 Å². The average molecular weight is 150 g/mol. The molecule has 0 saturated carbocycles. The minimum absolute atomic E-state index is 0.0475. The fraction of sp³-hybridized carbons (Fsp3) is 1.00. The molecule has 1 heterocycles. The zero-order valence-corrected chi connectivity index (χ0v) is 6.06. The van der Waals surface area contributed by atoms with E-state index >= 15 is 0 Å². The third kappa shape index (κ3) is 1.43. The van der Waals surface area contributed by atoms with Gasteiger partial charge in [-0.25, -0.2) is 8.42 Å².